The van der Waals surface area contributed by atoms with Crippen LogP contribution in [0.3, 0.4) is 0 Å². The molecule has 0 amide bonds. The highest BCUT2D eigenvalue weighted by molar-refractivity contribution is 5.31. The average Bonchev–Trinajstić information content (AvgIpc) is 2.58. The van der Waals surface area contributed by atoms with Crippen LogP contribution >= 0.6 is 0 Å². The Kier molecular flexibility index (Phi) is 6.57. The summed E-state index contributed by atoms with van der Waals surface area (Å²) in [5.74, 6) is -0.207. The lowest BCUT2D eigenvalue weighted by Crippen LogP contribution is -2.55. The van der Waals surface area contributed by atoms with Gasteiger partial charge in [-0.1, -0.05) is 31.4 Å². The molecule has 2 N–H and O–H groups in total. The van der Waals surface area contributed by atoms with Gasteiger partial charge in [-0.15, -0.1) is 13.2 Å². The summed E-state index contributed by atoms with van der Waals surface area (Å²) in [4.78, 5) is 2.30. The highest BCUT2D eigenvalue weighted by Crippen LogP contribution is 2.39. The van der Waals surface area contributed by atoms with Gasteiger partial charge in [0.05, 0.1) is 5.60 Å². The minimum atomic E-state index is -4.71. The van der Waals surface area contributed by atoms with E-state index in [1.165, 1.54) is 12.1 Å². The number of hydrogen-bond donors (Lipinski definition) is 2. The number of ether oxygens (including phenoxy) is 1. The van der Waals surface area contributed by atoms with Gasteiger partial charge in [0, 0.05) is 31.2 Å². The molecule has 0 aromatic heterocycles. The molecular weight excluding hydrogens is 369 g/mol. The topological polar surface area (TPSA) is 44.7 Å². The van der Waals surface area contributed by atoms with E-state index in [0.29, 0.717) is 6.42 Å². The van der Waals surface area contributed by atoms with Crippen LogP contribution in [0.25, 0.3) is 0 Å². The molecule has 0 bridgehead atoms. The minimum Gasteiger partial charge on any atom is -0.406 e. The summed E-state index contributed by atoms with van der Waals surface area (Å²) >= 11 is 0. The summed E-state index contributed by atoms with van der Waals surface area (Å²) in [5, 5.41) is 14.7. The van der Waals surface area contributed by atoms with Crippen molar-refractivity contribution in [3.8, 4) is 5.75 Å². The maximum Gasteiger partial charge on any atom is 0.573 e. The van der Waals surface area contributed by atoms with Crippen molar-refractivity contribution < 1.29 is 23.0 Å². The molecule has 4 nitrogen and oxygen atoms in total. The van der Waals surface area contributed by atoms with E-state index >= 15 is 0 Å². The molecule has 3 atom stereocenters. The lowest BCUT2D eigenvalue weighted by atomic mass is 9.78. The molecule has 3 rings (SSSR count). The predicted octanol–water partition coefficient (Wildman–Crippen LogP) is 4.39. The van der Waals surface area contributed by atoms with E-state index in [0.717, 1.165) is 50.8 Å². The second-order valence-electron chi connectivity index (χ2n) is 8.55. The second kappa shape index (κ2) is 8.59. The van der Waals surface area contributed by atoms with Crippen molar-refractivity contribution in [2.45, 2.75) is 82.5 Å². The third kappa shape index (κ3) is 5.84. The van der Waals surface area contributed by atoms with Crippen LogP contribution in [0.15, 0.2) is 24.3 Å². The Hall–Kier alpha value is -1.31. The van der Waals surface area contributed by atoms with Crippen molar-refractivity contribution in [1.29, 1.82) is 0 Å². The first-order chi connectivity index (χ1) is 13.1. The normalized spacial score (nSPS) is 27.4. The third-order valence-corrected chi connectivity index (χ3v) is 5.86. The van der Waals surface area contributed by atoms with Crippen LogP contribution in [0, 0.1) is 0 Å². The molecule has 7 heteroatoms. The van der Waals surface area contributed by atoms with E-state index < -0.39 is 12.0 Å². The molecule has 1 aromatic rings. The fraction of sp³-hybridized carbons (Fsp3) is 0.714. The lowest BCUT2D eigenvalue weighted by molar-refractivity contribution is -0.274. The number of halogens is 3. The number of benzene rings is 1. The van der Waals surface area contributed by atoms with Crippen LogP contribution in [-0.2, 0) is 0 Å². The molecular formula is C21H31F3N2O2. The molecule has 158 valence electrons. The van der Waals surface area contributed by atoms with Gasteiger partial charge >= 0.3 is 6.36 Å². The zero-order valence-corrected chi connectivity index (χ0v) is 16.6. The van der Waals surface area contributed by atoms with Crippen LogP contribution in [-0.4, -0.2) is 47.1 Å². The monoisotopic (exact) mass is 400 g/mol. The Morgan fingerprint density at radius 3 is 2.43 bits per heavy atom. The van der Waals surface area contributed by atoms with Gasteiger partial charge in [0.2, 0.25) is 0 Å². The zero-order chi connectivity index (χ0) is 20.4. The van der Waals surface area contributed by atoms with Gasteiger partial charge in [0.1, 0.15) is 5.75 Å². The molecule has 0 radical (unpaired) electrons. The number of piperazine rings is 1. The molecule has 1 aromatic carbocycles. The van der Waals surface area contributed by atoms with Gasteiger partial charge in [-0.3, -0.25) is 4.90 Å². The zero-order valence-electron chi connectivity index (χ0n) is 16.6. The van der Waals surface area contributed by atoms with E-state index in [1.54, 1.807) is 6.07 Å². The first kappa shape index (κ1) is 21.4. The molecule has 1 aliphatic heterocycles. The van der Waals surface area contributed by atoms with Crippen LogP contribution in [0.2, 0.25) is 0 Å². The number of nitrogens with one attached hydrogen (secondary N) is 1. The first-order valence-electron chi connectivity index (χ1n) is 10.2. The van der Waals surface area contributed by atoms with Gasteiger partial charge in [-0.2, -0.15) is 0 Å². The van der Waals surface area contributed by atoms with Crippen LogP contribution in [0.4, 0.5) is 13.2 Å². The summed E-state index contributed by atoms with van der Waals surface area (Å²) in [6, 6.07) is 6.66. The lowest BCUT2D eigenvalue weighted by Gasteiger charge is -2.44. The fourth-order valence-electron chi connectivity index (χ4n) is 4.77. The first-order valence-corrected chi connectivity index (χ1v) is 10.2. The van der Waals surface area contributed by atoms with Crippen molar-refractivity contribution >= 4 is 0 Å². The predicted molar refractivity (Wildman–Crippen MR) is 102 cm³/mol. The number of rotatable bonds is 5. The molecule has 1 saturated heterocycles. The Bertz CT molecular complexity index is 637. The van der Waals surface area contributed by atoms with Crippen LogP contribution < -0.4 is 10.1 Å². The van der Waals surface area contributed by atoms with Crippen molar-refractivity contribution in [2.75, 3.05) is 13.1 Å². The largest absolute Gasteiger partial charge is 0.573 e. The molecule has 1 heterocycles. The number of aliphatic hydroxyl groups is 1. The average molecular weight is 400 g/mol. The van der Waals surface area contributed by atoms with Crippen LogP contribution in [0.5, 0.6) is 5.75 Å². The SMILES string of the molecule is CC1CN(C(CC2(O)CCCCC2)c2cccc(OC(F)(F)F)c2)CC(C)N1. The molecule has 28 heavy (non-hydrogen) atoms. The minimum absolute atomic E-state index is 0.146. The maximum absolute atomic E-state index is 12.7. The molecule has 1 aliphatic carbocycles. The molecule has 2 fully saturated rings. The van der Waals surface area contributed by atoms with Crippen molar-refractivity contribution in [3.05, 3.63) is 29.8 Å². The summed E-state index contributed by atoms with van der Waals surface area (Å²) in [6.45, 7) is 5.79. The van der Waals surface area contributed by atoms with E-state index in [4.69, 9.17) is 0 Å². The molecule has 2 aliphatic rings. The quantitative estimate of drug-likeness (QED) is 0.769. The van der Waals surface area contributed by atoms with E-state index in [1.807, 2.05) is 6.07 Å². The van der Waals surface area contributed by atoms with Crippen molar-refractivity contribution in [3.63, 3.8) is 0 Å². The Labute approximate surface area is 165 Å². The number of nitrogens with zero attached hydrogens (tertiary/aromatic N) is 1. The van der Waals surface area contributed by atoms with E-state index in [2.05, 4.69) is 28.8 Å². The fourth-order valence-corrected chi connectivity index (χ4v) is 4.77. The van der Waals surface area contributed by atoms with Gasteiger partial charge in [-0.05, 0) is 50.8 Å². The van der Waals surface area contributed by atoms with Crippen LogP contribution in [0.1, 0.15) is 64.0 Å². The second-order valence-corrected chi connectivity index (χ2v) is 8.55. The highest BCUT2D eigenvalue weighted by Gasteiger charge is 2.37. The maximum atomic E-state index is 12.7. The van der Waals surface area contributed by atoms with Crippen molar-refractivity contribution in [2.24, 2.45) is 0 Å². The summed E-state index contributed by atoms with van der Waals surface area (Å²) in [5.41, 5.74) is 0.00305. The molecule has 0 spiro atoms. The van der Waals surface area contributed by atoms with E-state index in [-0.39, 0.29) is 23.9 Å². The van der Waals surface area contributed by atoms with Gasteiger partial charge < -0.3 is 15.2 Å². The third-order valence-electron chi connectivity index (χ3n) is 5.86. The standard InChI is InChI=1S/C21H31F3N2O2/c1-15-13-26(14-16(2)25-15)19(12-20(27)9-4-3-5-10-20)17-7-6-8-18(11-17)28-21(22,23)24/h6-8,11,15-16,19,25,27H,3-5,9-10,12-14H2,1-2H3. The number of alkyl halides is 3. The summed E-state index contributed by atoms with van der Waals surface area (Å²) < 4.78 is 42.2. The Morgan fingerprint density at radius 1 is 1.18 bits per heavy atom. The summed E-state index contributed by atoms with van der Waals surface area (Å²) in [6.07, 6.45) is 0.432. The Balaban J connectivity index is 1.88. The van der Waals surface area contributed by atoms with E-state index in [9.17, 15) is 18.3 Å². The van der Waals surface area contributed by atoms with Gasteiger partial charge in [0.25, 0.3) is 0 Å². The molecule has 3 unspecified atom stereocenters. The Morgan fingerprint density at radius 2 is 1.82 bits per heavy atom. The summed E-state index contributed by atoms with van der Waals surface area (Å²) in [7, 11) is 0. The van der Waals surface area contributed by atoms with Crippen molar-refractivity contribution in [1.82, 2.24) is 10.2 Å². The smallest absolute Gasteiger partial charge is 0.406 e. The van der Waals surface area contributed by atoms with Gasteiger partial charge in [0.15, 0.2) is 0 Å². The van der Waals surface area contributed by atoms with Gasteiger partial charge in [-0.25, -0.2) is 0 Å². The number of hydrogen-bond acceptors (Lipinski definition) is 4. The highest BCUT2D eigenvalue weighted by atomic mass is 19.4. The molecule has 1 saturated carbocycles.